The molecule has 0 spiro atoms. The van der Waals surface area contributed by atoms with Crippen LogP contribution < -0.4 is 4.90 Å². The third-order valence-corrected chi connectivity index (χ3v) is 3.58. The van der Waals surface area contributed by atoms with Crippen molar-refractivity contribution in [3.05, 3.63) is 69.6 Å². The van der Waals surface area contributed by atoms with E-state index >= 15 is 0 Å². The van der Waals surface area contributed by atoms with Crippen LogP contribution in [-0.4, -0.2) is 42.2 Å². The highest BCUT2D eigenvalue weighted by atomic mass is 16.6. The third kappa shape index (κ3) is 3.68. The maximum absolute atomic E-state index is 12.4. The molecule has 1 aliphatic heterocycles. The van der Waals surface area contributed by atoms with Crippen molar-refractivity contribution in [2.45, 2.75) is 0 Å². The van der Waals surface area contributed by atoms with Crippen molar-refractivity contribution >= 4 is 29.3 Å². The van der Waals surface area contributed by atoms with Gasteiger partial charge in [0.15, 0.2) is 0 Å². The van der Waals surface area contributed by atoms with Gasteiger partial charge in [0, 0.05) is 6.20 Å². The number of nitro groups is 1. The zero-order valence-corrected chi connectivity index (χ0v) is 14.2. The van der Waals surface area contributed by atoms with Gasteiger partial charge in [0.2, 0.25) is 0 Å². The quantitative estimate of drug-likeness (QED) is 0.464. The SMILES string of the molecule is COC(=O)C1=C(C(=O)OC)N(c2cccc(C(=O)O)c2[N+](=O)[O-])C=CC=C1. The first-order chi connectivity index (χ1) is 12.8. The van der Waals surface area contributed by atoms with Crippen LogP contribution in [0.3, 0.4) is 0 Å². The van der Waals surface area contributed by atoms with E-state index in [1.165, 1.54) is 36.6 Å². The standard InChI is InChI=1S/C17H14N2O8/c1-26-16(22)11-6-3-4-9-18(14(11)17(23)27-2)12-8-5-7-10(15(20)21)13(12)19(24)25/h3-9H,1-2H3,(H,20,21). The van der Waals surface area contributed by atoms with Crippen LogP contribution in [0, 0.1) is 10.1 Å². The Bertz CT molecular complexity index is 914. The normalized spacial score (nSPS) is 13.2. The summed E-state index contributed by atoms with van der Waals surface area (Å²) in [5.41, 5.74) is -2.14. The lowest BCUT2D eigenvalue weighted by atomic mass is 10.1. The molecular formula is C17H14N2O8. The maximum Gasteiger partial charge on any atom is 0.355 e. The number of rotatable bonds is 5. The first kappa shape index (κ1) is 19.4. The van der Waals surface area contributed by atoms with Gasteiger partial charge in [-0.25, -0.2) is 14.4 Å². The van der Waals surface area contributed by atoms with Crippen molar-refractivity contribution in [1.82, 2.24) is 0 Å². The molecule has 1 aromatic carbocycles. The Balaban J connectivity index is 2.85. The number of esters is 2. The van der Waals surface area contributed by atoms with E-state index in [2.05, 4.69) is 4.74 Å². The highest BCUT2D eigenvalue weighted by Crippen LogP contribution is 2.36. The van der Waals surface area contributed by atoms with Gasteiger partial charge in [0.05, 0.1) is 24.7 Å². The fourth-order valence-electron chi connectivity index (χ4n) is 2.44. The topological polar surface area (TPSA) is 136 Å². The minimum Gasteiger partial charge on any atom is -0.477 e. The molecule has 0 saturated heterocycles. The molecule has 0 saturated carbocycles. The fraction of sp³-hybridized carbons (Fsp3) is 0.118. The Hall–Kier alpha value is -3.95. The summed E-state index contributed by atoms with van der Waals surface area (Å²) in [6.45, 7) is 0. The largest absolute Gasteiger partial charge is 0.477 e. The number of aromatic carboxylic acids is 1. The van der Waals surface area contributed by atoms with Crippen LogP contribution in [0.1, 0.15) is 10.4 Å². The Morgan fingerprint density at radius 3 is 2.33 bits per heavy atom. The van der Waals surface area contributed by atoms with E-state index in [-0.39, 0.29) is 17.0 Å². The minimum absolute atomic E-state index is 0.218. The van der Waals surface area contributed by atoms with Gasteiger partial charge in [-0.1, -0.05) is 12.1 Å². The molecule has 0 radical (unpaired) electrons. The lowest BCUT2D eigenvalue weighted by Crippen LogP contribution is -2.27. The molecule has 27 heavy (non-hydrogen) atoms. The van der Waals surface area contributed by atoms with Gasteiger partial charge in [0.1, 0.15) is 16.9 Å². The van der Waals surface area contributed by atoms with Gasteiger partial charge < -0.3 is 19.5 Å². The van der Waals surface area contributed by atoms with Crippen LogP contribution in [-0.2, 0) is 19.1 Å². The maximum atomic E-state index is 12.4. The lowest BCUT2D eigenvalue weighted by molar-refractivity contribution is -0.384. The molecule has 0 bridgehead atoms. The molecule has 140 valence electrons. The van der Waals surface area contributed by atoms with Crippen LogP contribution >= 0.6 is 0 Å². The smallest absolute Gasteiger partial charge is 0.355 e. The number of anilines is 1. The summed E-state index contributed by atoms with van der Waals surface area (Å²) in [5.74, 6) is -3.36. The van der Waals surface area contributed by atoms with Crippen LogP contribution in [0.15, 0.2) is 53.9 Å². The highest BCUT2D eigenvalue weighted by molar-refractivity contribution is 6.06. The van der Waals surface area contributed by atoms with Crippen molar-refractivity contribution in [2.75, 3.05) is 19.1 Å². The molecule has 10 heteroatoms. The Morgan fingerprint density at radius 2 is 1.78 bits per heavy atom. The average molecular weight is 374 g/mol. The number of carboxylic acid groups (broad SMARTS) is 1. The molecule has 0 aromatic heterocycles. The molecule has 1 aliphatic rings. The first-order valence-electron chi connectivity index (χ1n) is 7.39. The number of carbonyl (C=O) groups is 3. The van der Waals surface area contributed by atoms with Crippen molar-refractivity contribution < 1.29 is 33.9 Å². The number of benzene rings is 1. The number of hydrogen-bond acceptors (Lipinski definition) is 8. The molecule has 1 N–H and O–H groups in total. The third-order valence-electron chi connectivity index (χ3n) is 3.58. The molecule has 0 fully saturated rings. The van der Waals surface area contributed by atoms with E-state index in [4.69, 9.17) is 4.74 Å². The van der Waals surface area contributed by atoms with E-state index < -0.39 is 34.1 Å². The number of carbonyl (C=O) groups excluding carboxylic acids is 2. The number of methoxy groups -OCH3 is 2. The molecule has 1 aromatic rings. The minimum atomic E-state index is -1.52. The summed E-state index contributed by atoms with van der Waals surface area (Å²) in [4.78, 5) is 47.5. The fourth-order valence-corrected chi connectivity index (χ4v) is 2.44. The zero-order chi connectivity index (χ0) is 20.1. The number of ether oxygens (including phenoxy) is 2. The monoisotopic (exact) mass is 374 g/mol. The Morgan fingerprint density at radius 1 is 1.11 bits per heavy atom. The average Bonchev–Trinajstić information content (AvgIpc) is 2.88. The zero-order valence-electron chi connectivity index (χ0n) is 14.2. The van der Waals surface area contributed by atoms with Crippen LogP contribution in [0.5, 0.6) is 0 Å². The lowest BCUT2D eigenvalue weighted by Gasteiger charge is -2.23. The Labute approximate surface area is 152 Å². The number of nitrogens with zero attached hydrogens (tertiary/aromatic N) is 2. The van der Waals surface area contributed by atoms with E-state index in [0.717, 1.165) is 25.2 Å². The van der Waals surface area contributed by atoms with Crippen LogP contribution in [0.2, 0.25) is 0 Å². The second-order valence-electron chi connectivity index (χ2n) is 5.05. The van der Waals surface area contributed by atoms with Gasteiger partial charge in [-0.2, -0.15) is 0 Å². The molecule has 0 amide bonds. The van der Waals surface area contributed by atoms with Gasteiger partial charge >= 0.3 is 23.6 Å². The molecule has 10 nitrogen and oxygen atoms in total. The van der Waals surface area contributed by atoms with E-state index in [9.17, 15) is 29.6 Å². The molecule has 0 aliphatic carbocycles. The molecular weight excluding hydrogens is 360 g/mol. The number of para-hydroxylation sites is 1. The van der Waals surface area contributed by atoms with Crippen molar-refractivity contribution in [3.63, 3.8) is 0 Å². The molecule has 2 rings (SSSR count). The van der Waals surface area contributed by atoms with Gasteiger partial charge in [-0.15, -0.1) is 0 Å². The summed E-state index contributed by atoms with van der Waals surface area (Å²) in [6, 6.07) is 3.59. The Kier molecular flexibility index (Phi) is 5.71. The van der Waals surface area contributed by atoms with Crippen LogP contribution in [0.4, 0.5) is 11.4 Å². The molecule has 1 heterocycles. The predicted octanol–water partition coefficient (Wildman–Crippen LogP) is 1.78. The second kappa shape index (κ2) is 7.95. The van der Waals surface area contributed by atoms with E-state index in [1.54, 1.807) is 0 Å². The van der Waals surface area contributed by atoms with Crippen molar-refractivity contribution in [3.8, 4) is 0 Å². The summed E-state index contributed by atoms with van der Waals surface area (Å²) in [7, 11) is 2.18. The second-order valence-corrected chi connectivity index (χ2v) is 5.05. The van der Waals surface area contributed by atoms with E-state index in [1.807, 2.05) is 0 Å². The molecule has 0 unspecified atom stereocenters. The van der Waals surface area contributed by atoms with Crippen molar-refractivity contribution in [1.29, 1.82) is 0 Å². The summed E-state index contributed by atoms with van der Waals surface area (Å²) in [5, 5.41) is 20.8. The number of carboxylic acids is 1. The summed E-state index contributed by atoms with van der Waals surface area (Å²) in [6.07, 6.45) is 5.38. The summed E-state index contributed by atoms with van der Waals surface area (Å²) >= 11 is 0. The number of allylic oxidation sites excluding steroid dienone is 2. The van der Waals surface area contributed by atoms with Gasteiger partial charge in [-0.3, -0.25) is 10.1 Å². The van der Waals surface area contributed by atoms with Crippen molar-refractivity contribution in [2.24, 2.45) is 0 Å². The molecule has 0 atom stereocenters. The number of nitro benzene ring substituents is 1. The predicted molar refractivity (Wildman–Crippen MR) is 91.9 cm³/mol. The first-order valence-corrected chi connectivity index (χ1v) is 7.39. The van der Waals surface area contributed by atoms with Gasteiger partial charge in [-0.05, 0) is 24.3 Å². The summed E-state index contributed by atoms with van der Waals surface area (Å²) < 4.78 is 9.36. The van der Waals surface area contributed by atoms with Gasteiger partial charge in [0.25, 0.3) is 0 Å². The van der Waals surface area contributed by atoms with Crippen LogP contribution in [0.25, 0.3) is 0 Å². The van der Waals surface area contributed by atoms with E-state index in [0.29, 0.717) is 0 Å². The number of hydrogen-bond donors (Lipinski definition) is 1. The highest BCUT2D eigenvalue weighted by Gasteiger charge is 2.33.